The van der Waals surface area contributed by atoms with Crippen LogP contribution in [0.25, 0.3) is 11.0 Å². The molecular formula is C22H21NO7. The van der Waals surface area contributed by atoms with Gasteiger partial charge in [0.2, 0.25) is 11.2 Å². The molecular weight excluding hydrogens is 390 g/mol. The van der Waals surface area contributed by atoms with Gasteiger partial charge in [-0.2, -0.15) is 0 Å². The number of hydrogen-bond donors (Lipinski definition) is 2. The number of carbonyl (C=O) groups excluding carboxylic acids is 1. The fourth-order valence-corrected chi connectivity index (χ4v) is 3.88. The van der Waals surface area contributed by atoms with Gasteiger partial charge in [0.05, 0.1) is 30.6 Å². The van der Waals surface area contributed by atoms with E-state index in [-0.39, 0.29) is 34.4 Å². The molecule has 2 aromatic carbocycles. The second-order valence-electron chi connectivity index (χ2n) is 7.25. The Balaban J connectivity index is 1.68. The Kier molecular flexibility index (Phi) is 5.33. The van der Waals surface area contributed by atoms with E-state index < -0.39 is 12.0 Å². The number of fused-ring (bicyclic) bond motifs is 1. The van der Waals surface area contributed by atoms with Gasteiger partial charge in [0.1, 0.15) is 36.1 Å². The van der Waals surface area contributed by atoms with Gasteiger partial charge in [-0.15, -0.1) is 0 Å². The first-order chi connectivity index (χ1) is 14.5. The van der Waals surface area contributed by atoms with E-state index in [9.17, 15) is 19.8 Å². The number of likely N-dealkylation sites (tertiary alicyclic amines) is 1. The average Bonchev–Trinajstić information content (AvgIpc) is 3.21. The molecule has 8 nitrogen and oxygen atoms in total. The van der Waals surface area contributed by atoms with E-state index >= 15 is 0 Å². The zero-order chi connectivity index (χ0) is 21.3. The highest BCUT2D eigenvalue weighted by Gasteiger charge is 2.31. The number of benzene rings is 2. The highest BCUT2D eigenvalue weighted by atomic mass is 16.5. The van der Waals surface area contributed by atoms with Crippen LogP contribution in [-0.4, -0.2) is 30.8 Å². The van der Waals surface area contributed by atoms with Crippen molar-refractivity contribution in [3.8, 4) is 23.0 Å². The Morgan fingerprint density at radius 1 is 1.23 bits per heavy atom. The number of phenolic OH excluding ortho intramolecular Hbond substituents is 1. The number of aliphatic carboxylic acids is 1. The summed E-state index contributed by atoms with van der Waals surface area (Å²) in [5, 5.41) is 22.0. The highest BCUT2D eigenvalue weighted by molar-refractivity contribution is 5.83. The molecule has 0 bridgehead atoms. The van der Waals surface area contributed by atoms with Crippen LogP contribution in [0.5, 0.6) is 23.0 Å². The number of carboxylic acid groups (broad SMARTS) is 1. The van der Waals surface area contributed by atoms with Crippen LogP contribution in [0.3, 0.4) is 0 Å². The number of methoxy groups -OCH3 is 1. The van der Waals surface area contributed by atoms with Crippen LogP contribution in [0, 0.1) is 0 Å². The number of quaternary nitrogens is 1. The summed E-state index contributed by atoms with van der Waals surface area (Å²) in [5.41, 5.74) is 0.225. The topological polar surface area (TPSA) is 113 Å². The Bertz CT molecular complexity index is 1140. The van der Waals surface area contributed by atoms with Crippen LogP contribution in [0.2, 0.25) is 0 Å². The summed E-state index contributed by atoms with van der Waals surface area (Å²) in [7, 11) is 1.56. The molecule has 4 rings (SSSR count). The number of ether oxygens (including phenoxy) is 2. The quantitative estimate of drug-likeness (QED) is 0.611. The summed E-state index contributed by atoms with van der Waals surface area (Å²) < 4.78 is 16.4. The van der Waals surface area contributed by atoms with Gasteiger partial charge in [-0.05, 0) is 36.4 Å². The Morgan fingerprint density at radius 3 is 2.67 bits per heavy atom. The fraction of sp³-hybridized carbons (Fsp3) is 0.273. The third-order valence-electron chi connectivity index (χ3n) is 5.45. The minimum Gasteiger partial charge on any atom is -0.544 e. The molecule has 0 aliphatic carbocycles. The molecule has 156 valence electrons. The largest absolute Gasteiger partial charge is 0.544 e. The normalized spacial score (nSPS) is 18.4. The van der Waals surface area contributed by atoms with E-state index in [1.54, 1.807) is 31.4 Å². The lowest BCUT2D eigenvalue weighted by Crippen LogP contribution is -3.14. The first-order valence-corrected chi connectivity index (χ1v) is 9.61. The van der Waals surface area contributed by atoms with Crippen LogP contribution >= 0.6 is 0 Å². The standard InChI is InChI=1S/C22H21NO7/c1-28-13-4-6-14(7-5-13)30-19-12-29-21-15(20(19)25)8-9-18(24)16(21)11-23-10-2-3-17(23)22(26)27/h4-9,12,17,24H,2-3,10-11H2,1H3,(H,26,27)/t17-/m1/s1. The van der Waals surface area contributed by atoms with Gasteiger partial charge < -0.3 is 33.8 Å². The van der Waals surface area contributed by atoms with Crippen molar-refractivity contribution in [3.05, 3.63) is 58.4 Å². The lowest BCUT2D eigenvalue weighted by Gasteiger charge is -2.22. The molecule has 1 saturated heterocycles. The van der Waals surface area contributed by atoms with E-state index in [0.29, 0.717) is 30.0 Å². The van der Waals surface area contributed by atoms with Gasteiger partial charge in [0.25, 0.3) is 0 Å². The first-order valence-electron chi connectivity index (χ1n) is 9.61. The maximum Gasteiger partial charge on any atom is 0.235 e. The third-order valence-corrected chi connectivity index (χ3v) is 5.45. The molecule has 0 radical (unpaired) electrons. The summed E-state index contributed by atoms with van der Waals surface area (Å²) >= 11 is 0. The zero-order valence-corrected chi connectivity index (χ0v) is 16.3. The number of carboxylic acids is 1. The average molecular weight is 411 g/mol. The van der Waals surface area contributed by atoms with E-state index in [1.165, 1.54) is 18.4 Å². The van der Waals surface area contributed by atoms with Crippen molar-refractivity contribution < 1.29 is 33.8 Å². The summed E-state index contributed by atoms with van der Waals surface area (Å²) in [5.74, 6) is -0.0534. The van der Waals surface area contributed by atoms with E-state index in [0.717, 1.165) is 11.3 Å². The molecule has 1 aliphatic heterocycles. The van der Waals surface area contributed by atoms with Crippen molar-refractivity contribution in [3.63, 3.8) is 0 Å². The Hall–Kier alpha value is -3.52. The van der Waals surface area contributed by atoms with Crippen molar-refractivity contribution in [2.24, 2.45) is 0 Å². The summed E-state index contributed by atoms with van der Waals surface area (Å²) in [6, 6.07) is 8.99. The monoisotopic (exact) mass is 411 g/mol. The van der Waals surface area contributed by atoms with Crippen molar-refractivity contribution in [1.82, 2.24) is 0 Å². The number of aromatic hydroxyl groups is 1. The minimum atomic E-state index is -1.11. The zero-order valence-electron chi connectivity index (χ0n) is 16.3. The molecule has 2 atom stereocenters. The maximum atomic E-state index is 12.9. The van der Waals surface area contributed by atoms with Gasteiger partial charge in [0.15, 0.2) is 5.58 Å². The number of rotatable bonds is 6. The summed E-state index contributed by atoms with van der Waals surface area (Å²) in [6.45, 7) is 0.848. The minimum absolute atomic E-state index is 0.00504. The molecule has 2 heterocycles. The van der Waals surface area contributed by atoms with Crippen LogP contribution in [0.15, 0.2) is 51.9 Å². The van der Waals surface area contributed by atoms with Crippen molar-refractivity contribution in [2.75, 3.05) is 13.7 Å². The second-order valence-corrected chi connectivity index (χ2v) is 7.25. The second kappa shape index (κ2) is 8.08. The molecule has 1 fully saturated rings. The molecule has 2 N–H and O–H groups in total. The molecule has 1 aromatic heterocycles. The predicted octanol–water partition coefficient (Wildman–Crippen LogP) is 0.597. The fourth-order valence-electron chi connectivity index (χ4n) is 3.88. The molecule has 8 heteroatoms. The molecule has 30 heavy (non-hydrogen) atoms. The van der Waals surface area contributed by atoms with E-state index in [1.807, 2.05) is 0 Å². The number of phenols is 1. The molecule has 0 saturated carbocycles. The Morgan fingerprint density at radius 2 is 1.97 bits per heavy atom. The lowest BCUT2D eigenvalue weighted by molar-refractivity contribution is -0.919. The molecule has 1 unspecified atom stereocenters. The summed E-state index contributed by atoms with van der Waals surface area (Å²) in [4.78, 5) is 25.1. The number of carbonyl (C=O) groups is 1. The number of nitrogens with one attached hydrogen (secondary N) is 1. The first kappa shape index (κ1) is 19.8. The molecule has 0 amide bonds. The van der Waals surface area contributed by atoms with Gasteiger partial charge >= 0.3 is 0 Å². The van der Waals surface area contributed by atoms with Crippen molar-refractivity contribution >= 4 is 16.9 Å². The molecule has 1 aliphatic rings. The molecule has 0 spiro atoms. The van der Waals surface area contributed by atoms with Crippen LogP contribution in [-0.2, 0) is 11.3 Å². The number of hydrogen-bond acceptors (Lipinski definition) is 7. The molecule has 3 aromatic rings. The van der Waals surface area contributed by atoms with Crippen molar-refractivity contribution in [2.45, 2.75) is 25.4 Å². The summed E-state index contributed by atoms with van der Waals surface area (Å²) in [6.07, 6.45) is 2.48. The van der Waals surface area contributed by atoms with Crippen molar-refractivity contribution in [1.29, 1.82) is 0 Å². The maximum absolute atomic E-state index is 12.9. The van der Waals surface area contributed by atoms with Gasteiger partial charge in [0, 0.05) is 12.8 Å². The smallest absolute Gasteiger partial charge is 0.235 e. The SMILES string of the molecule is COc1ccc(Oc2coc3c(C[NH+]4CCC[C@@H]4C(=O)[O-])c(O)ccc3c2=O)cc1. The van der Waals surface area contributed by atoms with E-state index in [4.69, 9.17) is 13.9 Å². The van der Waals surface area contributed by atoms with Gasteiger partial charge in [-0.1, -0.05) is 0 Å². The van der Waals surface area contributed by atoms with Crippen LogP contribution < -0.4 is 24.9 Å². The van der Waals surface area contributed by atoms with Crippen LogP contribution in [0.4, 0.5) is 0 Å². The van der Waals surface area contributed by atoms with Gasteiger partial charge in [-0.25, -0.2) is 0 Å². The Labute approximate surface area is 171 Å². The van der Waals surface area contributed by atoms with Crippen LogP contribution in [0.1, 0.15) is 18.4 Å². The van der Waals surface area contributed by atoms with E-state index in [2.05, 4.69) is 0 Å². The lowest BCUT2D eigenvalue weighted by atomic mass is 10.1. The third kappa shape index (κ3) is 3.69. The van der Waals surface area contributed by atoms with Gasteiger partial charge in [-0.3, -0.25) is 4.79 Å². The highest BCUT2D eigenvalue weighted by Crippen LogP contribution is 2.28. The predicted molar refractivity (Wildman–Crippen MR) is 105 cm³/mol.